The lowest BCUT2D eigenvalue weighted by Gasteiger charge is -2.32. The number of rotatable bonds is 11. The minimum atomic E-state index is -0.465. The van der Waals surface area contributed by atoms with E-state index in [1.807, 2.05) is 33.8 Å². The molecular weight excluding hydrogens is 331 g/mol. The van der Waals surface area contributed by atoms with E-state index in [4.69, 9.17) is 18.8 Å². The van der Waals surface area contributed by atoms with Gasteiger partial charge in [-0.2, -0.15) is 0 Å². The molecule has 1 rings (SSSR count). The standard InChI is InChI=1S/C20H37BO5/c1-8-9-10-11-12-13-17(23-6)14-16(18(22)24-7)15-21-25-19(2,3)20(4,5)26-21/h14,17H,8-13,15H2,1-7H3/b16-14-. The maximum Gasteiger partial charge on any atom is 0.462 e. The molecule has 0 bridgehead atoms. The number of methoxy groups -OCH3 is 2. The van der Waals surface area contributed by atoms with Gasteiger partial charge in [0.2, 0.25) is 0 Å². The third-order valence-electron chi connectivity index (χ3n) is 5.42. The van der Waals surface area contributed by atoms with Crippen molar-refractivity contribution in [2.75, 3.05) is 14.2 Å². The van der Waals surface area contributed by atoms with E-state index in [9.17, 15) is 4.79 Å². The molecule has 0 radical (unpaired) electrons. The molecule has 0 aliphatic carbocycles. The molecule has 0 saturated carbocycles. The van der Waals surface area contributed by atoms with Gasteiger partial charge >= 0.3 is 13.1 Å². The fourth-order valence-electron chi connectivity index (χ4n) is 3.02. The molecule has 1 aliphatic heterocycles. The van der Waals surface area contributed by atoms with Crippen LogP contribution < -0.4 is 0 Å². The highest BCUT2D eigenvalue weighted by atomic mass is 16.7. The van der Waals surface area contributed by atoms with Crippen molar-refractivity contribution in [3.63, 3.8) is 0 Å². The summed E-state index contributed by atoms with van der Waals surface area (Å²) in [5, 5.41) is 0. The van der Waals surface area contributed by atoms with Crippen molar-refractivity contribution in [2.45, 2.75) is 96.8 Å². The fraction of sp³-hybridized carbons (Fsp3) is 0.850. The van der Waals surface area contributed by atoms with Crippen LogP contribution in [-0.4, -0.2) is 44.6 Å². The molecule has 0 aromatic heterocycles. The van der Waals surface area contributed by atoms with Gasteiger partial charge in [-0.1, -0.05) is 39.0 Å². The Morgan fingerprint density at radius 1 is 1.04 bits per heavy atom. The van der Waals surface area contributed by atoms with E-state index in [2.05, 4.69) is 6.92 Å². The Bertz CT molecular complexity index is 457. The summed E-state index contributed by atoms with van der Waals surface area (Å²) in [6, 6.07) is 0. The maximum absolute atomic E-state index is 12.2. The van der Waals surface area contributed by atoms with Crippen molar-refractivity contribution in [1.82, 2.24) is 0 Å². The Hall–Kier alpha value is -0.845. The largest absolute Gasteiger partial charge is 0.466 e. The van der Waals surface area contributed by atoms with Crippen LogP contribution in [0.3, 0.4) is 0 Å². The van der Waals surface area contributed by atoms with E-state index in [1.54, 1.807) is 7.11 Å². The molecule has 5 nitrogen and oxygen atoms in total. The lowest BCUT2D eigenvalue weighted by molar-refractivity contribution is -0.136. The molecule has 26 heavy (non-hydrogen) atoms. The molecule has 1 fully saturated rings. The predicted molar refractivity (Wildman–Crippen MR) is 105 cm³/mol. The molecule has 150 valence electrons. The van der Waals surface area contributed by atoms with Gasteiger partial charge in [-0.25, -0.2) is 4.79 Å². The summed E-state index contributed by atoms with van der Waals surface area (Å²) < 4.78 is 22.6. The number of carbonyl (C=O) groups excluding carboxylic acids is 1. The first-order valence-electron chi connectivity index (χ1n) is 9.84. The van der Waals surface area contributed by atoms with Crippen molar-refractivity contribution in [1.29, 1.82) is 0 Å². The Labute approximate surface area is 159 Å². The second-order valence-electron chi connectivity index (χ2n) is 8.05. The first-order valence-corrected chi connectivity index (χ1v) is 9.84. The second-order valence-corrected chi connectivity index (χ2v) is 8.05. The number of hydrogen-bond donors (Lipinski definition) is 0. The maximum atomic E-state index is 12.2. The van der Waals surface area contributed by atoms with Crippen LogP contribution >= 0.6 is 0 Å². The molecule has 1 aliphatic rings. The van der Waals surface area contributed by atoms with Crippen molar-refractivity contribution in [3.8, 4) is 0 Å². The Balaban J connectivity index is 2.73. The van der Waals surface area contributed by atoms with Crippen LogP contribution in [0, 0.1) is 0 Å². The monoisotopic (exact) mass is 368 g/mol. The highest BCUT2D eigenvalue weighted by molar-refractivity contribution is 6.47. The van der Waals surface area contributed by atoms with Gasteiger partial charge in [0.25, 0.3) is 0 Å². The minimum Gasteiger partial charge on any atom is -0.466 e. The van der Waals surface area contributed by atoms with Crippen molar-refractivity contribution < 1.29 is 23.6 Å². The fourth-order valence-corrected chi connectivity index (χ4v) is 3.02. The van der Waals surface area contributed by atoms with Crippen LogP contribution in [0.25, 0.3) is 0 Å². The molecule has 1 unspecified atom stereocenters. The van der Waals surface area contributed by atoms with Gasteiger partial charge in [0.15, 0.2) is 0 Å². The van der Waals surface area contributed by atoms with E-state index < -0.39 is 18.3 Å². The number of esters is 1. The minimum absolute atomic E-state index is 0.104. The predicted octanol–water partition coefficient (Wildman–Crippen LogP) is 4.55. The van der Waals surface area contributed by atoms with E-state index >= 15 is 0 Å². The van der Waals surface area contributed by atoms with E-state index in [-0.39, 0.29) is 12.1 Å². The van der Waals surface area contributed by atoms with Gasteiger partial charge in [-0.3, -0.25) is 0 Å². The molecule has 1 atom stereocenters. The van der Waals surface area contributed by atoms with Gasteiger partial charge in [0, 0.05) is 19.0 Å². The molecule has 6 heteroatoms. The number of hydrogen-bond acceptors (Lipinski definition) is 5. The molecule has 1 saturated heterocycles. The zero-order chi connectivity index (χ0) is 19.8. The number of unbranched alkanes of at least 4 members (excludes halogenated alkanes) is 4. The molecule has 0 aromatic rings. The SMILES string of the molecule is CCCCCCCC(/C=C(/CB1OC(C)(C)C(C)(C)O1)C(=O)OC)OC. The van der Waals surface area contributed by atoms with Gasteiger partial charge < -0.3 is 18.8 Å². The summed E-state index contributed by atoms with van der Waals surface area (Å²) in [5.41, 5.74) is -0.288. The summed E-state index contributed by atoms with van der Waals surface area (Å²) >= 11 is 0. The lowest BCUT2D eigenvalue weighted by Crippen LogP contribution is -2.41. The van der Waals surface area contributed by atoms with Crippen LogP contribution in [0.15, 0.2) is 11.6 Å². The van der Waals surface area contributed by atoms with Crippen LogP contribution in [-0.2, 0) is 23.6 Å². The normalized spacial score (nSPS) is 20.3. The second kappa shape index (κ2) is 10.5. The molecule has 0 spiro atoms. The summed E-state index contributed by atoms with van der Waals surface area (Å²) in [4.78, 5) is 12.2. The smallest absolute Gasteiger partial charge is 0.462 e. The average Bonchev–Trinajstić information content (AvgIpc) is 2.78. The van der Waals surface area contributed by atoms with Crippen molar-refractivity contribution in [3.05, 3.63) is 11.6 Å². The summed E-state index contributed by atoms with van der Waals surface area (Å²) in [6.45, 7) is 10.2. The lowest BCUT2D eigenvalue weighted by atomic mass is 9.80. The first kappa shape index (κ1) is 23.2. The first-order chi connectivity index (χ1) is 12.2. The Kier molecular flexibility index (Phi) is 9.35. The third-order valence-corrected chi connectivity index (χ3v) is 5.42. The van der Waals surface area contributed by atoms with Crippen molar-refractivity contribution >= 4 is 13.1 Å². The molecule has 0 amide bonds. The van der Waals surface area contributed by atoms with E-state index in [0.717, 1.165) is 12.8 Å². The molecule has 1 heterocycles. The number of carbonyl (C=O) groups is 1. The summed E-state index contributed by atoms with van der Waals surface area (Å²) in [5.74, 6) is -0.354. The zero-order valence-corrected chi connectivity index (χ0v) is 17.7. The van der Waals surface area contributed by atoms with Crippen LogP contribution in [0.1, 0.15) is 73.1 Å². The topological polar surface area (TPSA) is 54.0 Å². The van der Waals surface area contributed by atoms with Gasteiger partial charge in [0.05, 0.1) is 24.4 Å². The van der Waals surface area contributed by atoms with Crippen LogP contribution in [0.4, 0.5) is 0 Å². The molecular formula is C20H37BO5. The molecule has 0 N–H and O–H groups in total. The Morgan fingerprint density at radius 3 is 2.12 bits per heavy atom. The zero-order valence-electron chi connectivity index (χ0n) is 17.7. The highest BCUT2D eigenvalue weighted by Gasteiger charge is 2.51. The Morgan fingerprint density at radius 2 is 1.62 bits per heavy atom. The number of ether oxygens (including phenoxy) is 2. The van der Waals surface area contributed by atoms with Gasteiger partial charge in [0.1, 0.15) is 0 Å². The summed E-state index contributed by atoms with van der Waals surface area (Å²) in [7, 11) is 2.61. The van der Waals surface area contributed by atoms with Gasteiger partial charge in [-0.05, 0) is 40.2 Å². The molecule has 0 aromatic carbocycles. The quantitative estimate of drug-likeness (QED) is 0.232. The van der Waals surface area contributed by atoms with Crippen LogP contribution in [0.2, 0.25) is 6.32 Å². The van der Waals surface area contributed by atoms with E-state index in [1.165, 1.54) is 32.8 Å². The third kappa shape index (κ3) is 6.71. The summed E-state index contributed by atoms with van der Waals surface area (Å²) in [6.07, 6.45) is 9.03. The van der Waals surface area contributed by atoms with Crippen LogP contribution in [0.5, 0.6) is 0 Å². The highest BCUT2D eigenvalue weighted by Crippen LogP contribution is 2.38. The average molecular weight is 368 g/mol. The van der Waals surface area contributed by atoms with Gasteiger partial charge in [-0.15, -0.1) is 0 Å². The van der Waals surface area contributed by atoms with E-state index in [0.29, 0.717) is 11.9 Å². The van der Waals surface area contributed by atoms with Crippen molar-refractivity contribution in [2.24, 2.45) is 0 Å².